The van der Waals surface area contributed by atoms with E-state index >= 15 is 0 Å². The van der Waals surface area contributed by atoms with Crippen molar-refractivity contribution in [1.29, 1.82) is 0 Å². The minimum atomic E-state index is -4.89. The molecule has 1 fully saturated rings. The SMILES string of the molecule is CC(C)CC1CCCC(C2=NC(c3cc(C(F)(F)F)cc(C(F)(F)F)c3)=CCCCO2)CC1. The molecule has 33 heavy (non-hydrogen) atoms. The number of halogens is 6. The van der Waals surface area contributed by atoms with Gasteiger partial charge in [0.1, 0.15) is 0 Å². The highest BCUT2D eigenvalue weighted by Crippen LogP contribution is 2.39. The number of alkyl halides is 6. The summed E-state index contributed by atoms with van der Waals surface area (Å²) in [5, 5.41) is 0. The number of benzene rings is 1. The Hall–Kier alpha value is -1.99. The Balaban J connectivity index is 1.94. The molecule has 8 heteroatoms. The van der Waals surface area contributed by atoms with Gasteiger partial charge >= 0.3 is 12.4 Å². The van der Waals surface area contributed by atoms with Gasteiger partial charge in [0.15, 0.2) is 5.90 Å². The quantitative estimate of drug-likeness (QED) is 0.316. The Bertz CT molecular complexity index is 836. The van der Waals surface area contributed by atoms with Gasteiger partial charge in [-0.15, -0.1) is 0 Å². The van der Waals surface area contributed by atoms with Crippen molar-refractivity contribution in [2.75, 3.05) is 6.61 Å². The first-order valence-electron chi connectivity index (χ1n) is 11.6. The molecule has 1 aliphatic carbocycles. The van der Waals surface area contributed by atoms with Crippen LogP contribution in [-0.2, 0) is 17.1 Å². The number of aliphatic imine (C=N–C) groups is 1. The van der Waals surface area contributed by atoms with E-state index < -0.39 is 23.5 Å². The first-order valence-corrected chi connectivity index (χ1v) is 11.6. The van der Waals surface area contributed by atoms with Crippen molar-refractivity contribution < 1.29 is 31.1 Å². The van der Waals surface area contributed by atoms with Gasteiger partial charge in [0, 0.05) is 11.5 Å². The first kappa shape index (κ1) is 25.6. The number of ether oxygens (including phenoxy) is 1. The van der Waals surface area contributed by atoms with Gasteiger partial charge in [-0.2, -0.15) is 26.3 Å². The molecule has 1 aromatic rings. The predicted molar refractivity (Wildman–Crippen MR) is 117 cm³/mol. The summed E-state index contributed by atoms with van der Waals surface area (Å²) in [6.07, 6.45) is -1.07. The lowest BCUT2D eigenvalue weighted by molar-refractivity contribution is -0.143. The lowest BCUT2D eigenvalue weighted by Gasteiger charge is -2.21. The highest BCUT2D eigenvalue weighted by molar-refractivity contribution is 5.86. The molecule has 1 aromatic carbocycles. The first-order chi connectivity index (χ1) is 15.4. The number of hydrogen-bond acceptors (Lipinski definition) is 2. The van der Waals surface area contributed by atoms with E-state index in [0.717, 1.165) is 50.7 Å². The van der Waals surface area contributed by atoms with Crippen molar-refractivity contribution in [3.05, 3.63) is 41.0 Å². The average molecular weight is 476 g/mol. The monoisotopic (exact) mass is 475 g/mol. The third-order valence-corrected chi connectivity index (χ3v) is 6.29. The van der Waals surface area contributed by atoms with Gasteiger partial charge in [-0.05, 0) is 68.6 Å². The largest absolute Gasteiger partial charge is 0.481 e. The van der Waals surface area contributed by atoms with E-state index in [1.807, 2.05) is 0 Å². The maximum absolute atomic E-state index is 13.3. The average Bonchev–Trinajstić information content (AvgIpc) is 2.91. The maximum atomic E-state index is 13.3. The number of allylic oxidation sites excluding steroid dienone is 1. The highest BCUT2D eigenvalue weighted by atomic mass is 19.4. The zero-order chi connectivity index (χ0) is 24.2. The summed E-state index contributed by atoms with van der Waals surface area (Å²) < 4.78 is 86.0. The van der Waals surface area contributed by atoms with Crippen molar-refractivity contribution in [3.8, 4) is 0 Å². The van der Waals surface area contributed by atoms with Crippen LogP contribution in [0.4, 0.5) is 26.3 Å². The van der Waals surface area contributed by atoms with Gasteiger partial charge in [0.25, 0.3) is 0 Å². The van der Waals surface area contributed by atoms with Crippen LogP contribution in [0.2, 0.25) is 0 Å². The molecule has 0 spiro atoms. The number of hydrogen-bond donors (Lipinski definition) is 0. The van der Waals surface area contributed by atoms with Crippen LogP contribution in [0.1, 0.15) is 81.9 Å². The number of nitrogens with zero attached hydrogens (tertiary/aromatic N) is 1. The molecule has 2 unspecified atom stereocenters. The Morgan fingerprint density at radius 2 is 1.58 bits per heavy atom. The minimum Gasteiger partial charge on any atom is -0.481 e. The van der Waals surface area contributed by atoms with Crippen molar-refractivity contribution in [3.63, 3.8) is 0 Å². The summed E-state index contributed by atoms with van der Waals surface area (Å²) in [4.78, 5) is 4.52. The van der Waals surface area contributed by atoms with Crippen LogP contribution in [0.3, 0.4) is 0 Å². The van der Waals surface area contributed by atoms with E-state index in [4.69, 9.17) is 4.74 Å². The molecule has 0 aromatic heterocycles. The number of rotatable bonds is 4. The van der Waals surface area contributed by atoms with E-state index in [2.05, 4.69) is 18.8 Å². The summed E-state index contributed by atoms with van der Waals surface area (Å²) >= 11 is 0. The molecular weight excluding hydrogens is 444 g/mol. The van der Waals surface area contributed by atoms with E-state index in [1.165, 1.54) is 0 Å². The Morgan fingerprint density at radius 3 is 2.18 bits per heavy atom. The second-order valence-corrected chi connectivity index (χ2v) is 9.53. The van der Waals surface area contributed by atoms with E-state index in [0.29, 0.717) is 37.2 Å². The fraction of sp³-hybridized carbons (Fsp3) is 0.640. The fourth-order valence-electron chi connectivity index (χ4n) is 4.72. The molecule has 2 atom stereocenters. The van der Waals surface area contributed by atoms with E-state index in [9.17, 15) is 26.3 Å². The van der Waals surface area contributed by atoms with Crippen molar-refractivity contribution in [1.82, 2.24) is 0 Å². The topological polar surface area (TPSA) is 21.6 Å². The van der Waals surface area contributed by atoms with Gasteiger partial charge in [0.05, 0.1) is 23.4 Å². The summed E-state index contributed by atoms with van der Waals surface area (Å²) in [6.45, 7) is 4.84. The molecule has 0 radical (unpaired) electrons. The van der Waals surface area contributed by atoms with Gasteiger partial charge in [-0.1, -0.05) is 32.8 Å². The van der Waals surface area contributed by atoms with E-state index in [1.54, 1.807) is 6.08 Å². The molecule has 2 aliphatic rings. The smallest absolute Gasteiger partial charge is 0.416 e. The molecular formula is C25H31F6NO. The second kappa shape index (κ2) is 10.5. The lowest BCUT2D eigenvalue weighted by atomic mass is 9.90. The molecule has 0 amide bonds. The van der Waals surface area contributed by atoms with E-state index in [-0.39, 0.29) is 23.2 Å². The normalized spacial score (nSPS) is 23.2. The molecule has 1 aliphatic heterocycles. The minimum absolute atomic E-state index is 0.0246. The fourth-order valence-corrected chi connectivity index (χ4v) is 4.72. The standard InChI is InChI=1S/C25H31F6NO/c1-16(2)12-17-6-5-7-18(10-9-17)23-32-22(8-3-4-11-33-23)19-13-20(24(26,27)28)15-21(14-19)25(29,30)31/h8,13-18H,3-7,9-12H2,1-2H3. The Morgan fingerprint density at radius 1 is 0.909 bits per heavy atom. The molecule has 1 saturated carbocycles. The lowest BCUT2D eigenvalue weighted by Crippen LogP contribution is -2.20. The van der Waals surface area contributed by atoms with Gasteiger partial charge in [-0.25, -0.2) is 4.99 Å². The molecule has 0 bridgehead atoms. The molecule has 184 valence electrons. The molecule has 1 heterocycles. The van der Waals surface area contributed by atoms with Crippen molar-refractivity contribution in [2.45, 2.75) is 77.6 Å². The second-order valence-electron chi connectivity index (χ2n) is 9.53. The molecule has 2 nitrogen and oxygen atoms in total. The highest BCUT2D eigenvalue weighted by Gasteiger charge is 2.37. The summed E-state index contributed by atoms with van der Waals surface area (Å²) in [5.41, 5.74) is -2.74. The maximum Gasteiger partial charge on any atom is 0.416 e. The van der Waals surface area contributed by atoms with Crippen LogP contribution in [0.5, 0.6) is 0 Å². The molecule has 3 rings (SSSR count). The Labute approximate surface area is 191 Å². The zero-order valence-corrected chi connectivity index (χ0v) is 19.0. The molecule has 0 saturated heterocycles. The van der Waals surface area contributed by atoms with Crippen molar-refractivity contribution >= 4 is 11.6 Å². The summed E-state index contributed by atoms with van der Waals surface area (Å²) in [6, 6.07) is 1.64. The predicted octanol–water partition coefficient (Wildman–Crippen LogP) is 8.52. The van der Waals surface area contributed by atoms with Crippen molar-refractivity contribution in [2.24, 2.45) is 22.7 Å². The van der Waals surface area contributed by atoms with Gasteiger partial charge in [0.2, 0.25) is 0 Å². The summed E-state index contributed by atoms with van der Waals surface area (Å²) in [5.74, 6) is 1.70. The van der Waals surface area contributed by atoms with Crippen LogP contribution in [0, 0.1) is 17.8 Å². The van der Waals surface area contributed by atoms with Crippen LogP contribution < -0.4 is 0 Å². The molecule has 0 N–H and O–H groups in total. The van der Waals surface area contributed by atoms with Gasteiger partial charge < -0.3 is 4.74 Å². The van der Waals surface area contributed by atoms with Crippen LogP contribution in [0.15, 0.2) is 29.3 Å². The van der Waals surface area contributed by atoms with Crippen LogP contribution >= 0.6 is 0 Å². The van der Waals surface area contributed by atoms with Gasteiger partial charge in [-0.3, -0.25) is 0 Å². The van der Waals surface area contributed by atoms with Crippen LogP contribution in [-0.4, -0.2) is 12.5 Å². The third-order valence-electron chi connectivity index (χ3n) is 6.29. The zero-order valence-electron chi connectivity index (χ0n) is 19.0. The Kier molecular flexibility index (Phi) is 8.17. The third kappa shape index (κ3) is 7.24. The van der Waals surface area contributed by atoms with Crippen LogP contribution in [0.25, 0.3) is 5.70 Å². The summed E-state index contributed by atoms with van der Waals surface area (Å²) in [7, 11) is 0.